The second-order valence-corrected chi connectivity index (χ2v) is 10.8. The molecule has 4 aromatic heterocycles. The minimum Gasteiger partial charge on any atom is -0.477 e. The van der Waals surface area contributed by atoms with Crippen molar-refractivity contribution in [1.82, 2.24) is 24.5 Å². The number of benzene rings is 1. The van der Waals surface area contributed by atoms with Gasteiger partial charge >= 0.3 is 5.97 Å². The number of carboxylic acid groups (broad SMARTS) is 1. The fourth-order valence-corrected chi connectivity index (χ4v) is 6.63. The third kappa shape index (κ3) is 3.58. The highest BCUT2D eigenvalue weighted by Crippen LogP contribution is 2.46. The summed E-state index contributed by atoms with van der Waals surface area (Å²) in [6, 6.07) is 2.77. The highest BCUT2D eigenvalue weighted by Gasteiger charge is 2.42. The van der Waals surface area contributed by atoms with Crippen LogP contribution in [-0.4, -0.2) is 75.4 Å². The summed E-state index contributed by atoms with van der Waals surface area (Å²) in [5.74, 6) is 2.99. The molecule has 7 rings (SSSR count). The zero-order valence-corrected chi connectivity index (χ0v) is 22.2. The highest BCUT2D eigenvalue weighted by atomic mass is 19.2. The first kappa shape index (κ1) is 25.2. The Labute approximate surface area is 231 Å². The van der Waals surface area contributed by atoms with E-state index in [4.69, 9.17) is 5.84 Å². The van der Waals surface area contributed by atoms with Gasteiger partial charge in [0.25, 0.3) is 0 Å². The van der Waals surface area contributed by atoms with Crippen molar-refractivity contribution in [1.29, 1.82) is 0 Å². The van der Waals surface area contributed by atoms with Crippen LogP contribution in [0.2, 0.25) is 0 Å². The number of nitrogen functional groups attached to an aromatic ring is 1. The number of aromatic nitrogens is 4. The van der Waals surface area contributed by atoms with Gasteiger partial charge in [-0.2, -0.15) is 0 Å². The Morgan fingerprint density at radius 2 is 2.00 bits per heavy atom. The summed E-state index contributed by atoms with van der Waals surface area (Å²) in [5.41, 5.74) is 1.74. The molecule has 0 radical (unpaired) electrons. The maximum absolute atomic E-state index is 15.6. The van der Waals surface area contributed by atoms with Crippen molar-refractivity contribution >= 4 is 50.3 Å². The van der Waals surface area contributed by atoms with Crippen LogP contribution >= 0.6 is 0 Å². The highest BCUT2D eigenvalue weighted by molar-refractivity contribution is 6.18. The summed E-state index contributed by atoms with van der Waals surface area (Å²) in [6.07, 6.45) is 5.10. The number of nitrogens with two attached hydrogens (primary N) is 1. The van der Waals surface area contributed by atoms with E-state index >= 15 is 4.39 Å². The van der Waals surface area contributed by atoms with Crippen LogP contribution in [-0.2, 0) is 0 Å². The first-order valence-corrected chi connectivity index (χ1v) is 13.2. The van der Waals surface area contributed by atoms with Crippen LogP contribution in [0.5, 0.6) is 0 Å². The van der Waals surface area contributed by atoms with Crippen molar-refractivity contribution in [2.45, 2.75) is 12.5 Å². The fraction of sp³-hybridized carbons (Fsp3) is 0.286. The molecule has 210 valence electrons. The SMILES string of the molecule is CNc1cc(F)c(F)c2c1[nH]c1ncc(-c3cnc4c(c3)c(=O)c(C(=O)O)cn4N)c(N3CCC4CN(C)C[C@H]43)c12. The van der Waals surface area contributed by atoms with E-state index in [2.05, 4.69) is 37.1 Å². The average molecular weight is 561 g/mol. The molecule has 0 aliphatic carbocycles. The summed E-state index contributed by atoms with van der Waals surface area (Å²) < 4.78 is 31.5. The lowest BCUT2D eigenvalue weighted by molar-refractivity contribution is 0.0695. The molecular formula is C28H26F2N8O3. The van der Waals surface area contributed by atoms with Gasteiger partial charge in [-0.05, 0) is 25.5 Å². The van der Waals surface area contributed by atoms with Gasteiger partial charge in [0.05, 0.1) is 33.1 Å². The van der Waals surface area contributed by atoms with Gasteiger partial charge in [-0.15, -0.1) is 0 Å². The molecule has 11 nitrogen and oxygen atoms in total. The molecule has 1 unspecified atom stereocenters. The van der Waals surface area contributed by atoms with E-state index in [1.807, 2.05) is 0 Å². The number of hydrogen-bond acceptors (Lipinski definition) is 8. The van der Waals surface area contributed by atoms with Crippen molar-refractivity contribution in [2.75, 3.05) is 49.8 Å². The van der Waals surface area contributed by atoms with Crippen LogP contribution < -0.4 is 21.5 Å². The molecule has 13 heteroatoms. The number of likely N-dealkylation sites (N-methyl/N-ethyl adjacent to an activating group) is 1. The molecule has 0 amide bonds. The number of carboxylic acids is 1. The Balaban J connectivity index is 1.57. The van der Waals surface area contributed by atoms with Gasteiger partial charge in [0.1, 0.15) is 11.2 Å². The molecule has 0 saturated carbocycles. The van der Waals surface area contributed by atoms with E-state index in [-0.39, 0.29) is 22.5 Å². The van der Waals surface area contributed by atoms with Gasteiger partial charge in [0.15, 0.2) is 17.3 Å². The first-order chi connectivity index (χ1) is 19.7. The van der Waals surface area contributed by atoms with E-state index in [0.717, 1.165) is 36.4 Å². The van der Waals surface area contributed by atoms with Crippen LogP contribution in [0.15, 0.2) is 35.5 Å². The van der Waals surface area contributed by atoms with Crippen LogP contribution in [0, 0.1) is 17.6 Å². The lowest BCUT2D eigenvalue weighted by Gasteiger charge is -2.29. The van der Waals surface area contributed by atoms with E-state index in [1.165, 1.54) is 12.3 Å². The molecule has 41 heavy (non-hydrogen) atoms. The van der Waals surface area contributed by atoms with Gasteiger partial charge in [-0.1, -0.05) is 0 Å². The van der Waals surface area contributed by atoms with Crippen LogP contribution in [0.3, 0.4) is 0 Å². The van der Waals surface area contributed by atoms with E-state index in [1.54, 1.807) is 13.2 Å². The molecule has 2 aliphatic heterocycles. The third-order valence-corrected chi connectivity index (χ3v) is 8.46. The quantitative estimate of drug-likeness (QED) is 0.244. The van der Waals surface area contributed by atoms with Crippen LogP contribution in [0.4, 0.5) is 20.2 Å². The summed E-state index contributed by atoms with van der Waals surface area (Å²) >= 11 is 0. The summed E-state index contributed by atoms with van der Waals surface area (Å²) in [5, 5.41) is 13.0. The molecule has 2 fully saturated rings. The molecule has 2 atom stereocenters. The maximum atomic E-state index is 15.6. The van der Waals surface area contributed by atoms with Gasteiger partial charge in [0, 0.05) is 68.5 Å². The molecule has 2 aliphatic rings. The maximum Gasteiger partial charge on any atom is 0.341 e. The van der Waals surface area contributed by atoms with E-state index < -0.39 is 28.6 Å². The lowest BCUT2D eigenvalue weighted by Crippen LogP contribution is -2.35. The molecule has 2 saturated heterocycles. The zero-order chi connectivity index (χ0) is 28.7. The molecule has 1 aromatic carbocycles. The molecule has 5 aromatic rings. The Morgan fingerprint density at radius 1 is 1.20 bits per heavy atom. The number of nitrogens with zero attached hydrogens (tertiary/aromatic N) is 5. The van der Waals surface area contributed by atoms with Gasteiger partial charge in [0.2, 0.25) is 5.43 Å². The van der Waals surface area contributed by atoms with Crippen molar-refractivity contribution in [3.63, 3.8) is 0 Å². The minimum atomic E-state index is -1.41. The average Bonchev–Trinajstić information content (AvgIpc) is 3.64. The fourth-order valence-electron chi connectivity index (χ4n) is 6.63. The molecule has 5 N–H and O–H groups in total. The number of rotatable bonds is 4. The third-order valence-electron chi connectivity index (χ3n) is 8.46. The minimum absolute atomic E-state index is 0.0180. The Morgan fingerprint density at radius 3 is 2.76 bits per heavy atom. The van der Waals surface area contributed by atoms with Gasteiger partial charge < -0.3 is 31.0 Å². The van der Waals surface area contributed by atoms with Crippen LogP contribution in [0.1, 0.15) is 16.8 Å². The van der Waals surface area contributed by atoms with Crippen molar-refractivity contribution in [2.24, 2.45) is 5.92 Å². The standard InChI is InChI=1S/C28H26F2N8O3/c1-32-18-6-17(29)22(30)20-21-24(37-4-3-12-9-36(2)11-19(12)37)15(8-33-26(21)35-23(18)20)13-5-14-25(39)16(28(40)41)10-38(31)27(14)34-7-13/h5-8,10,12,19,32H,3-4,9,11,31H2,1-2H3,(H,33,35)(H,40,41)/t12?,19-/m1/s1. The number of H-pyrrole nitrogens is 1. The topological polar surface area (TPSA) is 145 Å². The number of anilines is 2. The number of fused-ring (bicyclic) bond motifs is 5. The second kappa shape index (κ2) is 8.86. The predicted molar refractivity (Wildman–Crippen MR) is 152 cm³/mol. The van der Waals surface area contributed by atoms with E-state index in [0.29, 0.717) is 51.5 Å². The zero-order valence-electron chi connectivity index (χ0n) is 22.2. The molecular weight excluding hydrogens is 534 g/mol. The number of halogens is 2. The second-order valence-electron chi connectivity index (χ2n) is 10.8. The summed E-state index contributed by atoms with van der Waals surface area (Å²) in [7, 11) is 3.69. The number of aromatic amines is 1. The monoisotopic (exact) mass is 560 g/mol. The number of hydrogen-bond donors (Lipinski definition) is 4. The van der Waals surface area contributed by atoms with Crippen molar-refractivity contribution in [3.8, 4) is 11.1 Å². The summed E-state index contributed by atoms with van der Waals surface area (Å²) in [6.45, 7) is 2.42. The molecule has 0 bridgehead atoms. The molecule has 0 spiro atoms. The first-order valence-electron chi connectivity index (χ1n) is 13.2. The van der Waals surface area contributed by atoms with Gasteiger partial charge in [-0.25, -0.2) is 23.5 Å². The number of likely N-dealkylation sites (tertiary alicyclic amines) is 1. The van der Waals surface area contributed by atoms with Gasteiger partial charge in [-0.3, -0.25) is 9.47 Å². The Bertz CT molecular complexity index is 1990. The smallest absolute Gasteiger partial charge is 0.341 e. The number of nitrogens with one attached hydrogen (secondary N) is 2. The lowest BCUT2D eigenvalue weighted by atomic mass is 9.99. The number of carbonyl (C=O) groups is 1. The molecule has 6 heterocycles. The Kier molecular flexibility index (Phi) is 5.45. The normalized spacial score (nSPS) is 19.1. The van der Waals surface area contributed by atoms with E-state index in [9.17, 15) is 19.1 Å². The Hall–Kier alpha value is -4.78. The predicted octanol–water partition coefficient (Wildman–Crippen LogP) is 2.97. The van der Waals surface area contributed by atoms with Crippen molar-refractivity contribution in [3.05, 3.63) is 58.1 Å². The summed E-state index contributed by atoms with van der Waals surface area (Å²) in [4.78, 5) is 41.5. The number of aromatic carboxylic acids is 1. The largest absolute Gasteiger partial charge is 0.477 e. The van der Waals surface area contributed by atoms with Crippen molar-refractivity contribution < 1.29 is 18.7 Å². The number of pyridine rings is 3. The van der Waals surface area contributed by atoms with Crippen LogP contribution in [0.25, 0.3) is 44.1 Å².